The Kier molecular flexibility index (Phi) is 5.46. The van der Waals surface area contributed by atoms with E-state index in [1.807, 2.05) is 12.1 Å². The maximum absolute atomic E-state index is 12.9. The van der Waals surface area contributed by atoms with Gasteiger partial charge in [-0.2, -0.15) is 13.2 Å². The van der Waals surface area contributed by atoms with Crippen molar-refractivity contribution in [2.24, 2.45) is 0 Å². The van der Waals surface area contributed by atoms with E-state index < -0.39 is 11.7 Å². The summed E-state index contributed by atoms with van der Waals surface area (Å²) < 4.78 is 45.9. The number of fused-ring (bicyclic) bond motifs is 1. The Morgan fingerprint density at radius 2 is 1.63 bits per heavy atom. The fraction of sp³-hybridized carbons (Fsp3) is 0.0455. The molecule has 0 spiro atoms. The second-order valence-corrected chi connectivity index (χ2v) is 8.29. The summed E-state index contributed by atoms with van der Waals surface area (Å²) in [5.41, 5.74) is 1.79. The summed E-state index contributed by atoms with van der Waals surface area (Å²) in [6, 6.07) is 15.1. The molecule has 152 valence electrons. The van der Waals surface area contributed by atoms with Crippen molar-refractivity contribution in [2.75, 3.05) is 5.32 Å². The van der Waals surface area contributed by atoms with Gasteiger partial charge in [0.25, 0.3) is 5.91 Å². The smallest absolute Gasteiger partial charge is 0.416 e. The first kappa shape index (κ1) is 20.7. The number of anilines is 1. The average molecular weight is 539 g/mol. The molecule has 0 saturated carbocycles. The van der Waals surface area contributed by atoms with Gasteiger partial charge in [0.05, 0.1) is 11.3 Å². The van der Waals surface area contributed by atoms with Crippen LogP contribution in [-0.2, 0) is 11.0 Å². The first-order valence-corrected chi connectivity index (χ1v) is 10.3. The maximum atomic E-state index is 12.9. The Morgan fingerprint density at radius 1 is 0.933 bits per heavy atom. The zero-order chi connectivity index (χ0) is 21.5. The van der Waals surface area contributed by atoms with Gasteiger partial charge in [-0.15, -0.1) is 0 Å². The fourth-order valence-corrected chi connectivity index (χ4v) is 4.39. The first-order valence-electron chi connectivity index (χ1n) is 8.68. The number of alkyl halides is 3. The number of ether oxygens (including phenoxy) is 1. The zero-order valence-electron chi connectivity index (χ0n) is 15.1. The van der Waals surface area contributed by atoms with Gasteiger partial charge in [0.2, 0.25) is 0 Å². The predicted octanol–water partition coefficient (Wildman–Crippen LogP) is 7.52. The zero-order valence-corrected chi connectivity index (χ0v) is 18.2. The molecular formula is C22H12Br2F3NO2. The molecule has 30 heavy (non-hydrogen) atoms. The molecule has 0 atom stereocenters. The maximum Gasteiger partial charge on any atom is 0.416 e. The molecule has 1 N–H and O–H groups in total. The Bertz CT molecular complexity index is 1190. The van der Waals surface area contributed by atoms with E-state index in [-0.39, 0.29) is 11.7 Å². The summed E-state index contributed by atoms with van der Waals surface area (Å²) in [5, 5.41) is 2.83. The van der Waals surface area contributed by atoms with Crippen LogP contribution in [0, 0.1) is 0 Å². The van der Waals surface area contributed by atoms with Gasteiger partial charge in [0.1, 0.15) is 11.5 Å². The minimum atomic E-state index is -4.45. The van der Waals surface area contributed by atoms with Crippen LogP contribution in [0.2, 0.25) is 0 Å². The number of nitrogens with one attached hydrogen (secondary N) is 1. The molecule has 0 saturated heterocycles. The van der Waals surface area contributed by atoms with Gasteiger partial charge in [0, 0.05) is 20.1 Å². The SMILES string of the molecule is O=C1Nc2c(Br)cc(Br)cc2C1=Cc1cccc(Oc2cccc(C(F)(F)F)c2)c1. The number of halogens is 5. The van der Waals surface area contributed by atoms with Crippen LogP contribution >= 0.6 is 31.9 Å². The number of benzene rings is 3. The number of rotatable bonds is 3. The Morgan fingerprint density at radius 3 is 2.37 bits per heavy atom. The highest BCUT2D eigenvalue weighted by atomic mass is 79.9. The second-order valence-electron chi connectivity index (χ2n) is 6.52. The fourth-order valence-electron chi connectivity index (χ4n) is 3.07. The average Bonchev–Trinajstić information content (AvgIpc) is 2.98. The molecule has 3 aromatic rings. The number of hydrogen-bond acceptors (Lipinski definition) is 2. The second kappa shape index (κ2) is 7.92. The molecule has 1 aliphatic rings. The summed E-state index contributed by atoms with van der Waals surface area (Å²) in [7, 11) is 0. The van der Waals surface area contributed by atoms with Crippen molar-refractivity contribution in [1.29, 1.82) is 0 Å². The number of carbonyl (C=O) groups excluding carboxylic acids is 1. The highest BCUT2D eigenvalue weighted by Gasteiger charge is 2.30. The van der Waals surface area contributed by atoms with Gasteiger partial charge < -0.3 is 10.1 Å². The summed E-state index contributed by atoms with van der Waals surface area (Å²) >= 11 is 6.86. The van der Waals surface area contributed by atoms with Gasteiger partial charge >= 0.3 is 6.18 Å². The van der Waals surface area contributed by atoms with Crippen LogP contribution in [0.25, 0.3) is 11.6 Å². The highest BCUT2D eigenvalue weighted by Crippen LogP contribution is 2.40. The normalized spacial score (nSPS) is 14.6. The molecule has 0 radical (unpaired) electrons. The number of carbonyl (C=O) groups is 1. The van der Waals surface area contributed by atoms with Gasteiger partial charge in [-0.3, -0.25) is 4.79 Å². The molecule has 0 unspecified atom stereocenters. The predicted molar refractivity (Wildman–Crippen MR) is 116 cm³/mol. The lowest BCUT2D eigenvalue weighted by atomic mass is 10.0. The number of hydrogen-bond donors (Lipinski definition) is 1. The van der Waals surface area contributed by atoms with E-state index in [0.717, 1.165) is 26.6 Å². The monoisotopic (exact) mass is 537 g/mol. The van der Waals surface area contributed by atoms with Crippen LogP contribution in [0.4, 0.5) is 18.9 Å². The van der Waals surface area contributed by atoms with Gasteiger partial charge in [-0.05, 0) is 70.0 Å². The van der Waals surface area contributed by atoms with Crippen LogP contribution in [0.1, 0.15) is 16.7 Å². The molecule has 8 heteroatoms. The van der Waals surface area contributed by atoms with Crippen molar-refractivity contribution in [2.45, 2.75) is 6.18 Å². The van der Waals surface area contributed by atoms with E-state index in [4.69, 9.17) is 4.74 Å². The highest BCUT2D eigenvalue weighted by molar-refractivity contribution is 9.11. The van der Waals surface area contributed by atoms with E-state index in [2.05, 4.69) is 37.2 Å². The van der Waals surface area contributed by atoms with Crippen LogP contribution in [0.5, 0.6) is 11.5 Å². The van der Waals surface area contributed by atoms with Gasteiger partial charge in [0.15, 0.2) is 0 Å². The summed E-state index contributed by atoms with van der Waals surface area (Å²) in [6.45, 7) is 0. The summed E-state index contributed by atoms with van der Waals surface area (Å²) in [6.07, 6.45) is -2.74. The van der Waals surface area contributed by atoms with E-state index >= 15 is 0 Å². The quantitative estimate of drug-likeness (QED) is 0.350. The lowest BCUT2D eigenvalue weighted by molar-refractivity contribution is -0.137. The molecule has 1 heterocycles. The lowest BCUT2D eigenvalue weighted by Gasteiger charge is -2.10. The van der Waals surface area contributed by atoms with Crippen LogP contribution in [0.3, 0.4) is 0 Å². The third-order valence-electron chi connectivity index (χ3n) is 4.39. The van der Waals surface area contributed by atoms with Crippen molar-refractivity contribution >= 4 is 55.1 Å². The van der Waals surface area contributed by atoms with Crippen molar-refractivity contribution < 1.29 is 22.7 Å². The molecule has 0 aliphatic carbocycles. The summed E-state index contributed by atoms with van der Waals surface area (Å²) in [5.74, 6) is 0.192. The molecule has 3 nitrogen and oxygen atoms in total. The molecule has 0 aromatic heterocycles. The molecule has 3 aromatic carbocycles. The lowest BCUT2D eigenvalue weighted by Crippen LogP contribution is -2.04. The molecule has 0 bridgehead atoms. The Balaban J connectivity index is 1.65. The van der Waals surface area contributed by atoms with Crippen LogP contribution < -0.4 is 10.1 Å². The third kappa shape index (κ3) is 4.29. The Hall–Kier alpha value is -2.58. The largest absolute Gasteiger partial charge is 0.457 e. The molecular weight excluding hydrogens is 527 g/mol. The minimum absolute atomic E-state index is 0.0754. The molecule has 4 rings (SSSR count). The van der Waals surface area contributed by atoms with Crippen LogP contribution in [-0.4, -0.2) is 5.91 Å². The Labute approximate surface area is 186 Å². The molecule has 0 fully saturated rings. The first-order chi connectivity index (χ1) is 14.2. The summed E-state index contributed by atoms with van der Waals surface area (Å²) in [4.78, 5) is 12.5. The number of amides is 1. The third-order valence-corrected chi connectivity index (χ3v) is 5.48. The van der Waals surface area contributed by atoms with Gasteiger partial charge in [-0.1, -0.05) is 34.1 Å². The topological polar surface area (TPSA) is 38.3 Å². The molecule has 1 aliphatic heterocycles. The van der Waals surface area contributed by atoms with E-state index in [1.165, 1.54) is 12.1 Å². The van der Waals surface area contributed by atoms with Gasteiger partial charge in [-0.25, -0.2) is 0 Å². The van der Waals surface area contributed by atoms with Crippen LogP contribution in [0.15, 0.2) is 69.6 Å². The van der Waals surface area contributed by atoms with Crippen molar-refractivity contribution in [3.8, 4) is 11.5 Å². The van der Waals surface area contributed by atoms with Crippen molar-refractivity contribution in [3.63, 3.8) is 0 Å². The van der Waals surface area contributed by atoms with E-state index in [1.54, 1.807) is 30.3 Å². The van der Waals surface area contributed by atoms with E-state index in [0.29, 0.717) is 22.6 Å². The minimum Gasteiger partial charge on any atom is -0.457 e. The van der Waals surface area contributed by atoms with Crippen molar-refractivity contribution in [3.05, 3.63) is 86.3 Å². The van der Waals surface area contributed by atoms with Crippen molar-refractivity contribution in [1.82, 2.24) is 0 Å². The standard InChI is InChI=1S/C22H12Br2F3NO2/c23-14-10-17-18(21(29)28-20(17)19(24)11-14)8-12-3-1-5-15(7-12)30-16-6-2-4-13(9-16)22(25,26)27/h1-11H,(H,28,29). The molecule has 1 amide bonds. The van der Waals surface area contributed by atoms with E-state index in [9.17, 15) is 18.0 Å².